The lowest BCUT2D eigenvalue weighted by Gasteiger charge is -2.15. The highest BCUT2D eigenvalue weighted by Gasteiger charge is 2.31. The number of aromatic nitrogens is 3. The molecule has 1 aliphatic heterocycles. The van der Waals surface area contributed by atoms with Crippen molar-refractivity contribution in [3.8, 4) is 17.3 Å². The molecule has 0 bridgehead atoms. The van der Waals surface area contributed by atoms with E-state index in [1.54, 1.807) is 34.6 Å². The Morgan fingerprint density at radius 2 is 2.32 bits per heavy atom. The monoisotopic (exact) mass is 356 g/mol. The van der Waals surface area contributed by atoms with E-state index in [-0.39, 0.29) is 18.4 Å². The Hall–Kier alpha value is -2.74. The predicted molar refractivity (Wildman–Crippen MR) is 91.3 cm³/mol. The second kappa shape index (κ2) is 7.02. The van der Waals surface area contributed by atoms with E-state index in [0.29, 0.717) is 30.8 Å². The van der Waals surface area contributed by atoms with Gasteiger partial charge in [0.15, 0.2) is 6.61 Å². The fourth-order valence-electron chi connectivity index (χ4n) is 2.75. The third-order valence-electron chi connectivity index (χ3n) is 4.08. The van der Waals surface area contributed by atoms with Crippen LogP contribution < -0.4 is 4.74 Å². The molecule has 128 valence electrons. The number of thiophene rings is 1. The summed E-state index contributed by atoms with van der Waals surface area (Å²) < 4.78 is 11.2. The van der Waals surface area contributed by atoms with Crippen molar-refractivity contribution >= 4 is 17.2 Å². The number of carbonyl (C=O) groups excluding carboxylic acids is 1. The number of likely N-dealkylation sites (tertiary alicyclic amines) is 1. The van der Waals surface area contributed by atoms with Crippen LogP contribution in [0.15, 0.2) is 45.6 Å². The van der Waals surface area contributed by atoms with Gasteiger partial charge in [-0.1, -0.05) is 6.07 Å². The van der Waals surface area contributed by atoms with E-state index in [4.69, 9.17) is 9.15 Å². The highest BCUT2D eigenvalue weighted by molar-refractivity contribution is 7.08. The highest BCUT2D eigenvalue weighted by Crippen LogP contribution is 2.29. The van der Waals surface area contributed by atoms with Crippen molar-refractivity contribution in [3.05, 3.63) is 47.1 Å². The average Bonchev–Trinajstić information content (AvgIpc) is 3.40. The molecule has 4 rings (SSSR count). The first-order valence-electron chi connectivity index (χ1n) is 7.97. The van der Waals surface area contributed by atoms with Crippen LogP contribution in [-0.2, 0) is 4.79 Å². The Morgan fingerprint density at radius 1 is 1.36 bits per heavy atom. The highest BCUT2D eigenvalue weighted by atomic mass is 32.1. The molecule has 1 saturated heterocycles. The first kappa shape index (κ1) is 15.8. The first-order valence-corrected chi connectivity index (χ1v) is 8.91. The van der Waals surface area contributed by atoms with E-state index in [1.165, 1.54) is 0 Å². The average molecular weight is 356 g/mol. The topological polar surface area (TPSA) is 81.4 Å². The fraction of sp³-hybridized carbons (Fsp3) is 0.294. The molecule has 0 saturated carbocycles. The second-order valence-electron chi connectivity index (χ2n) is 5.74. The van der Waals surface area contributed by atoms with Gasteiger partial charge in [0.1, 0.15) is 0 Å². The zero-order valence-corrected chi connectivity index (χ0v) is 14.2. The van der Waals surface area contributed by atoms with Crippen LogP contribution >= 0.6 is 11.3 Å². The summed E-state index contributed by atoms with van der Waals surface area (Å²) in [6, 6.07) is 7.29. The summed E-state index contributed by atoms with van der Waals surface area (Å²) in [6.07, 6.45) is 2.44. The molecule has 3 aromatic rings. The Morgan fingerprint density at radius 3 is 3.12 bits per heavy atom. The number of hydrogen-bond donors (Lipinski definition) is 0. The Balaban J connectivity index is 1.34. The van der Waals surface area contributed by atoms with Crippen molar-refractivity contribution in [1.29, 1.82) is 0 Å². The van der Waals surface area contributed by atoms with E-state index >= 15 is 0 Å². The Kier molecular flexibility index (Phi) is 4.43. The molecule has 0 radical (unpaired) electrons. The summed E-state index contributed by atoms with van der Waals surface area (Å²) in [7, 11) is 0. The molecular weight excluding hydrogens is 340 g/mol. The Bertz CT molecular complexity index is 835. The van der Waals surface area contributed by atoms with Gasteiger partial charge in [-0.25, -0.2) is 4.98 Å². The lowest BCUT2D eigenvalue weighted by molar-refractivity contribution is -0.132. The fourth-order valence-corrected chi connectivity index (χ4v) is 3.38. The molecule has 1 aliphatic rings. The van der Waals surface area contributed by atoms with Gasteiger partial charge >= 0.3 is 0 Å². The van der Waals surface area contributed by atoms with Crippen LogP contribution in [-0.4, -0.2) is 45.7 Å². The second-order valence-corrected chi connectivity index (χ2v) is 6.52. The van der Waals surface area contributed by atoms with Crippen LogP contribution in [0.1, 0.15) is 18.2 Å². The summed E-state index contributed by atoms with van der Waals surface area (Å²) in [5, 5.41) is 12.2. The molecule has 0 aliphatic carbocycles. The van der Waals surface area contributed by atoms with Gasteiger partial charge in [-0.15, -0.1) is 10.2 Å². The summed E-state index contributed by atoms with van der Waals surface area (Å²) in [4.78, 5) is 18.1. The van der Waals surface area contributed by atoms with Gasteiger partial charge in [-0.3, -0.25) is 4.79 Å². The van der Waals surface area contributed by atoms with Gasteiger partial charge in [0.25, 0.3) is 5.91 Å². The summed E-state index contributed by atoms with van der Waals surface area (Å²) in [6.45, 7) is 1.20. The van der Waals surface area contributed by atoms with Crippen LogP contribution in [0.5, 0.6) is 5.88 Å². The molecule has 25 heavy (non-hydrogen) atoms. The summed E-state index contributed by atoms with van der Waals surface area (Å²) >= 11 is 1.58. The van der Waals surface area contributed by atoms with Crippen LogP contribution in [0, 0.1) is 0 Å². The minimum absolute atomic E-state index is 0.0201. The van der Waals surface area contributed by atoms with Crippen molar-refractivity contribution in [2.45, 2.75) is 12.3 Å². The van der Waals surface area contributed by atoms with Gasteiger partial charge in [0.05, 0.1) is 5.92 Å². The van der Waals surface area contributed by atoms with E-state index in [9.17, 15) is 4.79 Å². The van der Waals surface area contributed by atoms with Gasteiger partial charge in [-0.2, -0.15) is 11.3 Å². The van der Waals surface area contributed by atoms with Crippen molar-refractivity contribution in [3.63, 3.8) is 0 Å². The number of hydrogen-bond acceptors (Lipinski definition) is 7. The molecule has 3 aromatic heterocycles. The summed E-state index contributed by atoms with van der Waals surface area (Å²) in [5.74, 6) is 1.56. The number of nitrogens with zero attached hydrogens (tertiary/aromatic N) is 4. The minimum Gasteiger partial charge on any atom is -0.468 e. The molecule has 4 heterocycles. The maximum absolute atomic E-state index is 12.3. The number of amides is 1. The van der Waals surface area contributed by atoms with Gasteiger partial charge < -0.3 is 14.1 Å². The zero-order chi connectivity index (χ0) is 17.1. The molecule has 1 amide bonds. The minimum atomic E-state index is -0.0641. The molecule has 1 fully saturated rings. The van der Waals surface area contributed by atoms with Gasteiger partial charge in [0.2, 0.25) is 17.7 Å². The molecule has 8 heteroatoms. The predicted octanol–water partition coefficient (Wildman–Crippen LogP) is 2.59. The van der Waals surface area contributed by atoms with Crippen LogP contribution in [0.25, 0.3) is 11.5 Å². The quantitative estimate of drug-likeness (QED) is 0.699. The lowest BCUT2D eigenvalue weighted by atomic mass is 10.1. The van der Waals surface area contributed by atoms with Crippen LogP contribution in [0.3, 0.4) is 0 Å². The van der Waals surface area contributed by atoms with Crippen LogP contribution in [0.4, 0.5) is 0 Å². The first-order chi connectivity index (χ1) is 12.3. The van der Waals surface area contributed by atoms with Crippen LogP contribution in [0.2, 0.25) is 0 Å². The molecule has 7 nitrogen and oxygen atoms in total. The van der Waals surface area contributed by atoms with Gasteiger partial charge in [0, 0.05) is 36.3 Å². The van der Waals surface area contributed by atoms with Crippen molar-refractivity contribution < 1.29 is 13.9 Å². The number of ether oxygens (including phenoxy) is 1. The molecular formula is C17H16N4O3S. The normalized spacial score (nSPS) is 17.0. The third kappa shape index (κ3) is 3.53. The molecule has 0 N–H and O–H groups in total. The van der Waals surface area contributed by atoms with E-state index in [1.807, 2.05) is 22.9 Å². The van der Waals surface area contributed by atoms with E-state index in [2.05, 4.69) is 15.2 Å². The number of rotatable bonds is 5. The molecule has 1 atom stereocenters. The smallest absolute Gasteiger partial charge is 0.260 e. The largest absolute Gasteiger partial charge is 0.468 e. The molecule has 0 aromatic carbocycles. The SMILES string of the molecule is O=C(COc1ccccn1)N1CC[C@H](c2nnc(-c3ccsc3)o2)C1. The molecule has 0 spiro atoms. The number of pyridine rings is 1. The zero-order valence-electron chi connectivity index (χ0n) is 13.4. The lowest BCUT2D eigenvalue weighted by Crippen LogP contribution is -2.33. The van der Waals surface area contributed by atoms with E-state index < -0.39 is 0 Å². The summed E-state index contributed by atoms with van der Waals surface area (Å²) in [5.41, 5.74) is 0.929. The maximum Gasteiger partial charge on any atom is 0.260 e. The van der Waals surface area contributed by atoms with Gasteiger partial charge in [-0.05, 0) is 23.9 Å². The van der Waals surface area contributed by atoms with Crippen molar-refractivity contribution in [2.24, 2.45) is 0 Å². The Labute approximate surface area is 148 Å². The number of carbonyl (C=O) groups is 1. The van der Waals surface area contributed by atoms with Crippen molar-refractivity contribution in [2.75, 3.05) is 19.7 Å². The standard InChI is InChI=1S/C17H16N4O3S/c22-15(10-23-14-3-1-2-6-18-14)21-7-4-12(9-21)16-19-20-17(24-16)13-5-8-25-11-13/h1-3,5-6,8,11-12H,4,7,9-10H2/t12-/m0/s1. The van der Waals surface area contributed by atoms with E-state index in [0.717, 1.165) is 12.0 Å². The van der Waals surface area contributed by atoms with Crippen molar-refractivity contribution in [1.82, 2.24) is 20.1 Å². The maximum atomic E-state index is 12.3. The third-order valence-corrected chi connectivity index (χ3v) is 4.76. The molecule has 0 unspecified atom stereocenters.